The standard InChI is InChI=1S/C32H35N3O4/c1-2-4-23(5-3-1)21-37-26-7-8-29-27(17-26)25(19-33-29)6-9-30-28-18-32-31(38-34-39-32)16-24(28)10-13-35(30)20-22-11-14-36-15-12-22/h1-5,7-8,16-19,22,30,33-34H,6,9-15,20-21H2. The van der Waals surface area contributed by atoms with E-state index in [1.54, 1.807) is 0 Å². The first kappa shape index (κ1) is 24.5. The van der Waals surface area contributed by atoms with Crippen LogP contribution in [0, 0.1) is 5.92 Å². The fourth-order valence-electron chi connectivity index (χ4n) is 6.34. The number of ether oxygens (including phenoxy) is 2. The number of nitrogens with zero attached hydrogens (tertiary/aromatic N) is 1. The van der Waals surface area contributed by atoms with Crippen LogP contribution in [0.3, 0.4) is 0 Å². The van der Waals surface area contributed by atoms with E-state index >= 15 is 0 Å². The molecule has 1 atom stereocenters. The van der Waals surface area contributed by atoms with Crippen LogP contribution < -0.4 is 20.1 Å². The molecule has 3 aromatic carbocycles. The van der Waals surface area contributed by atoms with Crippen molar-refractivity contribution < 1.29 is 19.1 Å². The molecule has 0 amide bonds. The summed E-state index contributed by atoms with van der Waals surface area (Å²) in [5.41, 5.74) is 8.94. The van der Waals surface area contributed by atoms with Gasteiger partial charge in [0.25, 0.3) is 0 Å². The number of benzene rings is 3. The Hall–Kier alpha value is -3.52. The highest BCUT2D eigenvalue weighted by atomic mass is 16.9. The number of rotatable bonds is 8. The highest BCUT2D eigenvalue weighted by Gasteiger charge is 2.32. The first-order valence-electron chi connectivity index (χ1n) is 14.1. The van der Waals surface area contributed by atoms with Gasteiger partial charge in [0.15, 0.2) is 11.5 Å². The van der Waals surface area contributed by atoms with E-state index < -0.39 is 0 Å². The zero-order valence-corrected chi connectivity index (χ0v) is 22.2. The van der Waals surface area contributed by atoms with E-state index in [-0.39, 0.29) is 0 Å². The number of H-pyrrole nitrogens is 1. The van der Waals surface area contributed by atoms with Crippen molar-refractivity contribution in [3.05, 3.63) is 89.1 Å². The Labute approximate surface area is 228 Å². The van der Waals surface area contributed by atoms with Crippen LogP contribution in [0.2, 0.25) is 0 Å². The fourth-order valence-corrected chi connectivity index (χ4v) is 6.34. The molecule has 7 rings (SSSR count). The Morgan fingerprint density at radius 3 is 2.67 bits per heavy atom. The average Bonchev–Trinajstić information content (AvgIpc) is 3.61. The summed E-state index contributed by atoms with van der Waals surface area (Å²) in [6, 6.07) is 21.3. The smallest absolute Gasteiger partial charge is 0.196 e. The van der Waals surface area contributed by atoms with Gasteiger partial charge in [0.1, 0.15) is 12.4 Å². The van der Waals surface area contributed by atoms with Gasteiger partial charge in [-0.15, -0.1) is 0 Å². The molecule has 202 valence electrons. The van der Waals surface area contributed by atoms with Crippen molar-refractivity contribution in [3.8, 4) is 17.2 Å². The van der Waals surface area contributed by atoms with Crippen LogP contribution in [0.1, 0.15) is 47.6 Å². The summed E-state index contributed by atoms with van der Waals surface area (Å²) in [6.45, 7) is 4.51. The van der Waals surface area contributed by atoms with Gasteiger partial charge in [-0.25, -0.2) is 0 Å². The van der Waals surface area contributed by atoms with Gasteiger partial charge in [-0.3, -0.25) is 4.90 Å². The third kappa shape index (κ3) is 5.22. The Balaban J connectivity index is 1.12. The third-order valence-corrected chi connectivity index (χ3v) is 8.48. The molecular formula is C32H35N3O4. The van der Waals surface area contributed by atoms with E-state index in [9.17, 15) is 0 Å². The Kier molecular flexibility index (Phi) is 6.87. The summed E-state index contributed by atoms with van der Waals surface area (Å²) >= 11 is 0. The topological polar surface area (TPSA) is 68.0 Å². The quantitative estimate of drug-likeness (QED) is 0.299. The molecule has 0 bridgehead atoms. The second-order valence-electron chi connectivity index (χ2n) is 10.9. The zero-order chi connectivity index (χ0) is 26.0. The summed E-state index contributed by atoms with van der Waals surface area (Å²) in [7, 11) is 0. The lowest BCUT2D eigenvalue weighted by atomic mass is 9.87. The highest BCUT2D eigenvalue weighted by Crippen LogP contribution is 2.42. The number of aryl methyl sites for hydroxylation is 1. The number of hydrogen-bond acceptors (Lipinski definition) is 6. The van der Waals surface area contributed by atoms with E-state index in [0.29, 0.717) is 18.6 Å². The molecule has 0 radical (unpaired) electrons. The Bertz CT molecular complexity index is 1430. The van der Waals surface area contributed by atoms with Crippen molar-refractivity contribution in [2.24, 2.45) is 5.92 Å². The molecule has 3 aliphatic heterocycles. The number of aromatic amines is 1. The third-order valence-electron chi connectivity index (χ3n) is 8.48. The molecule has 39 heavy (non-hydrogen) atoms. The molecule has 1 fully saturated rings. The van der Waals surface area contributed by atoms with Gasteiger partial charge in [0.2, 0.25) is 0 Å². The van der Waals surface area contributed by atoms with Gasteiger partial charge in [-0.2, -0.15) is 0 Å². The van der Waals surface area contributed by atoms with Crippen molar-refractivity contribution in [1.82, 2.24) is 15.5 Å². The number of fused-ring (bicyclic) bond motifs is 3. The minimum absolute atomic E-state index is 0.327. The van der Waals surface area contributed by atoms with Crippen LogP contribution in [0.5, 0.6) is 17.2 Å². The van der Waals surface area contributed by atoms with Crippen LogP contribution in [0.25, 0.3) is 10.9 Å². The van der Waals surface area contributed by atoms with Gasteiger partial charge >= 0.3 is 0 Å². The van der Waals surface area contributed by atoms with Crippen molar-refractivity contribution >= 4 is 10.9 Å². The summed E-state index contributed by atoms with van der Waals surface area (Å²) < 4.78 is 11.8. The predicted octanol–water partition coefficient (Wildman–Crippen LogP) is 5.90. The van der Waals surface area contributed by atoms with E-state index in [4.69, 9.17) is 19.1 Å². The molecule has 0 aliphatic carbocycles. The van der Waals surface area contributed by atoms with E-state index in [1.165, 1.54) is 27.6 Å². The predicted molar refractivity (Wildman–Crippen MR) is 150 cm³/mol. The molecular weight excluding hydrogens is 490 g/mol. The van der Waals surface area contributed by atoms with Gasteiger partial charge in [-0.05, 0) is 90.6 Å². The average molecular weight is 526 g/mol. The maximum atomic E-state index is 6.15. The highest BCUT2D eigenvalue weighted by molar-refractivity contribution is 5.84. The molecule has 0 spiro atoms. The van der Waals surface area contributed by atoms with Crippen molar-refractivity contribution in [2.45, 2.75) is 44.8 Å². The summed E-state index contributed by atoms with van der Waals surface area (Å²) in [5, 5.41) is 1.24. The molecule has 7 nitrogen and oxygen atoms in total. The maximum absolute atomic E-state index is 6.15. The fraction of sp³-hybridized carbons (Fsp3) is 0.375. The zero-order valence-electron chi connectivity index (χ0n) is 22.2. The van der Waals surface area contributed by atoms with Crippen LogP contribution in [0.4, 0.5) is 0 Å². The van der Waals surface area contributed by atoms with Crippen LogP contribution in [-0.2, 0) is 24.2 Å². The van der Waals surface area contributed by atoms with Gasteiger partial charge in [-0.1, -0.05) is 30.3 Å². The molecule has 7 heteroatoms. The Morgan fingerprint density at radius 1 is 0.949 bits per heavy atom. The molecule has 2 N–H and O–H groups in total. The molecule has 1 aromatic heterocycles. The van der Waals surface area contributed by atoms with Crippen LogP contribution in [-0.4, -0.2) is 36.2 Å². The largest absolute Gasteiger partial charge is 0.489 e. The summed E-state index contributed by atoms with van der Waals surface area (Å²) in [5.74, 6) is 3.15. The second-order valence-corrected chi connectivity index (χ2v) is 10.9. The minimum atomic E-state index is 0.327. The molecule has 0 saturated carbocycles. The number of nitrogens with one attached hydrogen (secondary N) is 2. The van der Waals surface area contributed by atoms with Gasteiger partial charge in [0, 0.05) is 55.1 Å². The van der Waals surface area contributed by atoms with Gasteiger partial charge < -0.3 is 24.1 Å². The van der Waals surface area contributed by atoms with Crippen molar-refractivity contribution in [3.63, 3.8) is 0 Å². The van der Waals surface area contributed by atoms with E-state index in [0.717, 1.165) is 81.2 Å². The lowest BCUT2D eigenvalue weighted by Crippen LogP contribution is -2.40. The monoisotopic (exact) mass is 525 g/mol. The van der Waals surface area contributed by atoms with E-state index in [1.807, 2.05) is 18.2 Å². The maximum Gasteiger partial charge on any atom is 0.196 e. The molecule has 1 unspecified atom stereocenters. The summed E-state index contributed by atoms with van der Waals surface area (Å²) in [4.78, 5) is 17.2. The van der Waals surface area contributed by atoms with Gasteiger partial charge in [0.05, 0.1) is 0 Å². The molecule has 3 aliphatic rings. The lowest BCUT2D eigenvalue weighted by molar-refractivity contribution is 0.0259. The lowest BCUT2D eigenvalue weighted by Gasteiger charge is -2.40. The molecule has 1 saturated heterocycles. The first-order valence-corrected chi connectivity index (χ1v) is 14.1. The minimum Gasteiger partial charge on any atom is -0.489 e. The van der Waals surface area contributed by atoms with Crippen molar-refractivity contribution in [1.29, 1.82) is 0 Å². The molecule has 4 aromatic rings. The second kappa shape index (κ2) is 10.9. The summed E-state index contributed by atoms with van der Waals surface area (Å²) in [6.07, 6.45) is 7.50. The van der Waals surface area contributed by atoms with Crippen LogP contribution in [0.15, 0.2) is 66.9 Å². The SMILES string of the molecule is c1ccc(COc2ccc3[nH]cc(CCC4c5cc6c(cc5CCN4CC4CCOCC4)ONO6)c3c2)cc1. The number of hydrogen-bond donors (Lipinski definition) is 2. The normalized spacial score (nSPS) is 19.3. The Morgan fingerprint density at radius 2 is 1.79 bits per heavy atom. The number of aromatic nitrogens is 1. The molecule has 4 heterocycles. The first-order chi connectivity index (χ1) is 19.3. The van der Waals surface area contributed by atoms with E-state index in [2.05, 4.69) is 64.2 Å². The van der Waals surface area contributed by atoms with Crippen LogP contribution >= 0.6 is 0 Å². The van der Waals surface area contributed by atoms with Crippen molar-refractivity contribution in [2.75, 3.05) is 26.3 Å².